The largest absolute Gasteiger partial charge is 0.456 e. The van der Waals surface area contributed by atoms with Crippen LogP contribution in [0.1, 0.15) is 17.7 Å². The summed E-state index contributed by atoms with van der Waals surface area (Å²) in [5.41, 5.74) is 12.9. The van der Waals surface area contributed by atoms with Crippen LogP contribution in [0.25, 0.3) is 116 Å². The Morgan fingerprint density at radius 1 is 0.492 bits per heavy atom. The molecular formula is C54H34N4O. The fraction of sp³-hybridized carbons (Fsp3) is 0.0370. The average molecular weight is 755 g/mol. The molecule has 0 aliphatic heterocycles. The fourth-order valence-electron chi connectivity index (χ4n) is 9.76. The first-order chi connectivity index (χ1) is 29.3. The lowest BCUT2D eigenvalue weighted by atomic mass is 9.97. The maximum Gasteiger partial charge on any atom is 0.235 e. The van der Waals surface area contributed by atoms with Crippen LogP contribution >= 0.6 is 0 Å². The summed E-state index contributed by atoms with van der Waals surface area (Å²) in [5, 5.41) is 9.38. The lowest BCUT2D eigenvalue weighted by molar-refractivity contribution is 0.596. The van der Waals surface area contributed by atoms with Crippen molar-refractivity contribution in [2.24, 2.45) is 0 Å². The zero-order valence-electron chi connectivity index (χ0n) is 31.9. The van der Waals surface area contributed by atoms with Crippen molar-refractivity contribution in [2.45, 2.75) is 12.8 Å². The molecule has 0 fully saturated rings. The van der Waals surface area contributed by atoms with Crippen LogP contribution in [-0.2, 0) is 6.42 Å². The molecule has 5 nitrogen and oxygen atoms in total. The van der Waals surface area contributed by atoms with Crippen molar-refractivity contribution >= 4 is 82.3 Å². The maximum absolute atomic E-state index is 6.58. The maximum atomic E-state index is 6.58. The highest BCUT2D eigenvalue weighted by atomic mass is 16.3. The molecule has 0 atom stereocenters. The van der Waals surface area contributed by atoms with E-state index in [1.807, 2.05) is 0 Å². The zero-order valence-corrected chi connectivity index (χ0v) is 31.9. The normalized spacial score (nSPS) is 12.9. The molecule has 1 aliphatic carbocycles. The summed E-state index contributed by atoms with van der Waals surface area (Å²) in [7, 11) is 0. The van der Waals surface area contributed by atoms with Gasteiger partial charge in [0, 0.05) is 54.7 Å². The summed E-state index contributed by atoms with van der Waals surface area (Å²) in [6.45, 7) is 0. The van der Waals surface area contributed by atoms with Crippen molar-refractivity contribution in [1.29, 1.82) is 0 Å². The van der Waals surface area contributed by atoms with Gasteiger partial charge in [-0.25, -0.2) is 9.97 Å². The third-order valence-corrected chi connectivity index (χ3v) is 12.4. The summed E-state index contributed by atoms with van der Waals surface area (Å²) < 4.78 is 11.2. The average Bonchev–Trinajstić information content (AvgIpc) is 3.96. The number of rotatable bonds is 4. The van der Waals surface area contributed by atoms with Gasteiger partial charge in [-0.05, 0) is 89.9 Å². The Morgan fingerprint density at radius 3 is 2.07 bits per heavy atom. The van der Waals surface area contributed by atoms with Crippen molar-refractivity contribution in [1.82, 2.24) is 19.1 Å². The molecule has 59 heavy (non-hydrogen) atoms. The van der Waals surface area contributed by atoms with Crippen LogP contribution in [0.4, 0.5) is 0 Å². The molecule has 5 heteroatoms. The van der Waals surface area contributed by atoms with Gasteiger partial charge in [0.1, 0.15) is 11.3 Å². The Labute approximate surface area is 338 Å². The Bertz CT molecular complexity index is 3730. The first kappa shape index (κ1) is 32.3. The molecule has 4 aromatic heterocycles. The van der Waals surface area contributed by atoms with Gasteiger partial charge in [-0.1, -0.05) is 121 Å². The van der Waals surface area contributed by atoms with E-state index in [-0.39, 0.29) is 0 Å². The van der Waals surface area contributed by atoms with Crippen molar-refractivity contribution in [3.05, 3.63) is 187 Å². The minimum Gasteiger partial charge on any atom is -0.456 e. The van der Waals surface area contributed by atoms with Crippen LogP contribution in [0.5, 0.6) is 0 Å². The number of hydrogen-bond donors (Lipinski definition) is 0. The number of nitrogens with zero attached hydrogens (tertiary/aromatic N) is 4. The Hall–Kier alpha value is -7.76. The van der Waals surface area contributed by atoms with Crippen LogP contribution < -0.4 is 0 Å². The van der Waals surface area contributed by atoms with Crippen molar-refractivity contribution in [3.8, 4) is 34.0 Å². The van der Waals surface area contributed by atoms with Crippen molar-refractivity contribution in [2.75, 3.05) is 0 Å². The number of allylic oxidation sites excluding steroid dienone is 1. The minimum atomic E-state index is 0.651. The Kier molecular flexibility index (Phi) is 6.78. The second-order valence-corrected chi connectivity index (χ2v) is 15.6. The molecular weight excluding hydrogens is 721 g/mol. The van der Waals surface area contributed by atoms with Crippen LogP contribution in [-0.4, -0.2) is 19.1 Å². The van der Waals surface area contributed by atoms with E-state index >= 15 is 0 Å². The van der Waals surface area contributed by atoms with Gasteiger partial charge in [0.25, 0.3) is 0 Å². The zero-order chi connectivity index (χ0) is 38.6. The van der Waals surface area contributed by atoms with Gasteiger partial charge in [-0.2, -0.15) is 0 Å². The molecule has 8 aromatic carbocycles. The molecule has 276 valence electrons. The first-order valence-corrected chi connectivity index (χ1v) is 20.3. The standard InChI is InChI=1S/C54H34N4O/c1-2-14-36(15-3-1)57-47-28-26-34(38-20-12-21-40-39-17-8-11-24-50(39)59-53(38)40)31-43(47)44-32-35(27-29-48(44)57)52-41-18-6-9-22-45(41)55-54(56-52)58-46-23-10-7-19-42(46)51-37-16-5-4-13-33(37)25-30-49(51)58/h1-7,9-16,18-32H,8,17H2. The highest BCUT2D eigenvalue weighted by Crippen LogP contribution is 2.42. The van der Waals surface area contributed by atoms with Crippen LogP contribution in [0, 0.1) is 0 Å². The molecule has 4 heterocycles. The van der Waals surface area contributed by atoms with E-state index in [1.54, 1.807) is 0 Å². The summed E-state index contributed by atoms with van der Waals surface area (Å²) in [6.07, 6.45) is 6.38. The number of benzene rings is 8. The van der Waals surface area contributed by atoms with E-state index in [0.29, 0.717) is 5.95 Å². The van der Waals surface area contributed by atoms with E-state index < -0.39 is 0 Å². The topological polar surface area (TPSA) is 48.8 Å². The molecule has 1 aliphatic rings. The van der Waals surface area contributed by atoms with Crippen LogP contribution in [0.2, 0.25) is 0 Å². The number of aromatic nitrogens is 4. The third-order valence-electron chi connectivity index (χ3n) is 12.4. The summed E-state index contributed by atoms with van der Waals surface area (Å²) in [6, 6.07) is 60.9. The number of furan rings is 1. The van der Waals surface area contributed by atoms with Crippen LogP contribution in [0.3, 0.4) is 0 Å². The smallest absolute Gasteiger partial charge is 0.235 e. The van der Waals surface area contributed by atoms with E-state index in [4.69, 9.17) is 14.4 Å². The molecule has 0 unspecified atom stereocenters. The second-order valence-electron chi connectivity index (χ2n) is 15.6. The van der Waals surface area contributed by atoms with E-state index in [9.17, 15) is 0 Å². The van der Waals surface area contributed by atoms with Gasteiger partial charge in [-0.15, -0.1) is 0 Å². The summed E-state index contributed by atoms with van der Waals surface area (Å²) in [5.74, 6) is 1.63. The molecule has 12 aromatic rings. The number of aryl methyl sites for hydroxylation is 1. The number of fused-ring (bicyclic) bond motifs is 12. The van der Waals surface area contributed by atoms with Gasteiger partial charge >= 0.3 is 0 Å². The monoisotopic (exact) mass is 754 g/mol. The van der Waals surface area contributed by atoms with Crippen LogP contribution in [0.15, 0.2) is 180 Å². The lowest BCUT2D eigenvalue weighted by Gasteiger charge is -2.12. The number of hydrogen-bond acceptors (Lipinski definition) is 3. The predicted molar refractivity (Wildman–Crippen MR) is 244 cm³/mol. The highest BCUT2D eigenvalue weighted by Gasteiger charge is 2.22. The van der Waals surface area contributed by atoms with Gasteiger partial charge in [0.15, 0.2) is 0 Å². The Morgan fingerprint density at radius 2 is 1.19 bits per heavy atom. The van der Waals surface area contributed by atoms with Gasteiger partial charge in [-0.3, -0.25) is 4.57 Å². The second kappa shape index (κ2) is 12.4. The minimum absolute atomic E-state index is 0.651. The quantitative estimate of drug-likeness (QED) is 0.180. The molecule has 13 rings (SSSR count). The van der Waals surface area contributed by atoms with E-state index in [2.05, 4.69) is 191 Å². The molecule has 0 saturated heterocycles. The molecule has 0 bridgehead atoms. The third kappa shape index (κ3) is 4.73. The molecule has 0 amide bonds. The summed E-state index contributed by atoms with van der Waals surface area (Å²) >= 11 is 0. The lowest BCUT2D eigenvalue weighted by Crippen LogP contribution is -2.03. The Balaban J connectivity index is 1.07. The van der Waals surface area contributed by atoms with Crippen molar-refractivity contribution in [3.63, 3.8) is 0 Å². The highest BCUT2D eigenvalue weighted by molar-refractivity contribution is 6.21. The van der Waals surface area contributed by atoms with Gasteiger partial charge in [0.2, 0.25) is 5.95 Å². The molecule has 0 spiro atoms. The van der Waals surface area contributed by atoms with E-state index in [0.717, 1.165) is 90.6 Å². The predicted octanol–water partition coefficient (Wildman–Crippen LogP) is 14.0. The molecule has 0 radical (unpaired) electrons. The SMILES string of the molecule is C1=Cc2oc3c(-c4ccc5c(c4)c4cc(-c6nc(-n7c8ccccc8c8c9ccccc9ccc87)nc7ccccc67)ccc4n5-c4ccccc4)cccc3c2CC1. The first-order valence-electron chi connectivity index (χ1n) is 20.3. The van der Waals surface area contributed by atoms with Crippen molar-refractivity contribution < 1.29 is 4.42 Å². The van der Waals surface area contributed by atoms with Gasteiger partial charge in [0.05, 0.1) is 33.3 Å². The van der Waals surface area contributed by atoms with E-state index in [1.165, 1.54) is 37.9 Å². The fourth-order valence-corrected chi connectivity index (χ4v) is 9.76. The molecule has 0 N–H and O–H groups in total. The van der Waals surface area contributed by atoms with Gasteiger partial charge < -0.3 is 8.98 Å². The number of para-hydroxylation sites is 4. The molecule has 0 saturated carbocycles. The summed E-state index contributed by atoms with van der Waals surface area (Å²) in [4.78, 5) is 10.8.